The lowest BCUT2D eigenvalue weighted by molar-refractivity contribution is 0.832. The Labute approximate surface area is 88.4 Å². The largest absolute Gasteiger partial charge is 0.192 e. The highest BCUT2D eigenvalue weighted by molar-refractivity contribution is 5.33. The van der Waals surface area contributed by atoms with Crippen molar-refractivity contribution in [3.63, 3.8) is 0 Å². The minimum Gasteiger partial charge on any atom is -0.192 e. The molecule has 1 nitrogen and oxygen atoms in total. The Kier molecular flexibility index (Phi) is 12.7. The van der Waals surface area contributed by atoms with Gasteiger partial charge in [-0.1, -0.05) is 52.0 Å². The molecule has 0 aliphatic rings. The SMILES string of the molecule is CC.C\C=C(C#N)/C=C\C=C/C(C)C. The van der Waals surface area contributed by atoms with E-state index in [2.05, 4.69) is 26.0 Å². The van der Waals surface area contributed by atoms with E-state index in [9.17, 15) is 0 Å². The van der Waals surface area contributed by atoms with E-state index in [1.54, 1.807) is 12.2 Å². The zero-order valence-electron chi connectivity index (χ0n) is 9.91. The van der Waals surface area contributed by atoms with Crippen molar-refractivity contribution in [3.8, 4) is 6.07 Å². The van der Waals surface area contributed by atoms with E-state index in [1.807, 2.05) is 32.9 Å². The highest BCUT2D eigenvalue weighted by atomic mass is 14.2. The standard InChI is InChI=1S/C11H15N.C2H6/c1-4-11(9-12)8-6-5-7-10(2)3;1-2/h4-8,10H,1-3H3;1-2H3/b7-5-,8-6-,11-4+;. The van der Waals surface area contributed by atoms with Crippen LogP contribution in [-0.2, 0) is 0 Å². The number of nitrogens with zero attached hydrogens (tertiary/aromatic N) is 1. The maximum absolute atomic E-state index is 8.54. The Morgan fingerprint density at radius 2 is 1.79 bits per heavy atom. The average molecular weight is 191 g/mol. The van der Waals surface area contributed by atoms with Crippen LogP contribution in [0.3, 0.4) is 0 Å². The molecule has 0 bridgehead atoms. The summed E-state index contributed by atoms with van der Waals surface area (Å²) in [6.45, 7) is 10.1. The third kappa shape index (κ3) is 10.7. The van der Waals surface area contributed by atoms with Crippen LogP contribution in [0.25, 0.3) is 0 Å². The van der Waals surface area contributed by atoms with Gasteiger partial charge in [-0.3, -0.25) is 0 Å². The van der Waals surface area contributed by atoms with Crippen molar-refractivity contribution in [2.75, 3.05) is 0 Å². The summed E-state index contributed by atoms with van der Waals surface area (Å²) >= 11 is 0. The quantitative estimate of drug-likeness (QED) is 0.483. The summed E-state index contributed by atoms with van der Waals surface area (Å²) in [5.41, 5.74) is 0.698. The van der Waals surface area contributed by atoms with Gasteiger partial charge in [0.25, 0.3) is 0 Å². The second-order valence-electron chi connectivity index (χ2n) is 2.84. The lowest BCUT2D eigenvalue weighted by atomic mass is 10.2. The Bertz CT molecular complexity index is 236. The van der Waals surface area contributed by atoms with Gasteiger partial charge in [0.05, 0.1) is 6.07 Å². The minimum absolute atomic E-state index is 0.561. The van der Waals surface area contributed by atoms with Crippen LogP contribution in [0.2, 0.25) is 0 Å². The number of hydrogen-bond acceptors (Lipinski definition) is 1. The first-order valence-electron chi connectivity index (χ1n) is 5.12. The average Bonchev–Trinajstić information content (AvgIpc) is 2.21. The topological polar surface area (TPSA) is 23.8 Å². The van der Waals surface area contributed by atoms with Gasteiger partial charge in [0, 0.05) is 5.57 Å². The summed E-state index contributed by atoms with van der Waals surface area (Å²) in [5, 5.41) is 8.54. The molecule has 0 rings (SSSR count). The first kappa shape index (κ1) is 15.2. The van der Waals surface area contributed by atoms with E-state index in [-0.39, 0.29) is 0 Å². The predicted molar refractivity (Wildman–Crippen MR) is 63.8 cm³/mol. The van der Waals surface area contributed by atoms with Crippen LogP contribution in [0.1, 0.15) is 34.6 Å². The summed E-state index contributed by atoms with van der Waals surface area (Å²) < 4.78 is 0. The van der Waals surface area contributed by atoms with E-state index in [0.717, 1.165) is 0 Å². The Morgan fingerprint density at radius 3 is 2.14 bits per heavy atom. The molecular weight excluding hydrogens is 170 g/mol. The van der Waals surface area contributed by atoms with E-state index in [4.69, 9.17) is 5.26 Å². The molecule has 0 saturated heterocycles. The second kappa shape index (κ2) is 11.7. The van der Waals surface area contributed by atoms with Crippen molar-refractivity contribution in [2.45, 2.75) is 34.6 Å². The molecule has 14 heavy (non-hydrogen) atoms. The van der Waals surface area contributed by atoms with Crippen LogP contribution in [-0.4, -0.2) is 0 Å². The summed E-state index contributed by atoms with van der Waals surface area (Å²) in [5.74, 6) is 0.561. The van der Waals surface area contributed by atoms with E-state index >= 15 is 0 Å². The molecule has 1 heteroatoms. The molecule has 0 radical (unpaired) electrons. The maximum atomic E-state index is 8.54. The van der Waals surface area contributed by atoms with Crippen molar-refractivity contribution < 1.29 is 0 Å². The highest BCUT2D eigenvalue weighted by Gasteiger charge is 1.82. The van der Waals surface area contributed by atoms with Gasteiger partial charge < -0.3 is 0 Å². The third-order valence-corrected chi connectivity index (χ3v) is 1.32. The first-order chi connectivity index (χ1) is 6.70. The van der Waals surface area contributed by atoms with Crippen LogP contribution in [0, 0.1) is 17.2 Å². The zero-order chi connectivity index (χ0) is 11.4. The van der Waals surface area contributed by atoms with Gasteiger partial charge in [0.1, 0.15) is 0 Å². The molecule has 0 aromatic heterocycles. The number of hydrogen-bond donors (Lipinski definition) is 0. The summed E-state index contributed by atoms with van der Waals surface area (Å²) in [6.07, 6.45) is 9.53. The van der Waals surface area contributed by atoms with Crippen LogP contribution in [0.5, 0.6) is 0 Å². The minimum atomic E-state index is 0.561. The molecule has 0 unspecified atom stereocenters. The van der Waals surface area contributed by atoms with Gasteiger partial charge in [-0.15, -0.1) is 0 Å². The first-order valence-corrected chi connectivity index (χ1v) is 5.12. The van der Waals surface area contributed by atoms with Crippen LogP contribution < -0.4 is 0 Å². The summed E-state index contributed by atoms with van der Waals surface area (Å²) in [7, 11) is 0. The van der Waals surface area contributed by atoms with Crippen molar-refractivity contribution in [1.82, 2.24) is 0 Å². The Morgan fingerprint density at radius 1 is 1.21 bits per heavy atom. The van der Waals surface area contributed by atoms with Crippen LogP contribution in [0.15, 0.2) is 36.0 Å². The molecule has 0 aromatic carbocycles. The van der Waals surface area contributed by atoms with E-state index in [0.29, 0.717) is 11.5 Å². The smallest absolute Gasteiger partial charge is 0.0988 e. The van der Waals surface area contributed by atoms with Crippen molar-refractivity contribution in [2.24, 2.45) is 5.92 Å². The van der Waals surface area contributed by atoms with Crippen molar-refractivity contribution >= 4 is 0 Å². The molecule has 0 aliphatic heterocycles. The lowest BCUT2D eigenvalue weighted by Gasteiger charge is -1.89. The maximum Gasteiger partial charge on any atom is 0.0988 e. The molecule has 0 aliphatic carbocycles. The third-order valence-electron chi connectivity index (χ3n) is 1.32. The van der Waals surface area contributed by atoms with E-state index < -0.39 is 0 Å². The van der Waals surface area contributed by atoms with Crippen molar-refractivity contribution in [1.29, 1.82) is 5.26 Å². The fourth-order valence-corrected chi connectivity index (χ4v) is 0.644. The molecule has 0 aromatic rings. The number of rotatable bonds is 3. The van der Waals surface area contributed by atoms with Crippen molar-refractivity contribution in [3.05, 3.63) is 36.0 Å². The van der Waals surface area contributed by atoms with Gasteiger partial charge in [0.2, 0.25) is 0 Å². The molecule has 0 heterocycles. The van der Waals surface area contributed by atoms with Gasteiger partial charge in [-0.05, 0) is 18.9 Å². The van der Waals surface area contributed by atoms with Crippen LogP contribution >= 0.6 is 0 Å². The fraction of sp³-hybridized carbons (Fsp3) is 0.462. The summed E-state index contributed by atoms with van der Waals surface area (Å²) in [4.78, 5) is 0. The Balaban J connectivity index is 0. The van der Waals surface area contributed by atoms with Crippen LogP contribution in [0.4, 0.5) is 0 Å². The predicted octanol–water partition coefficient (Wildman–Crippen LogP) is 4.25. The highest BCUT2D eigenvalue weighted by Crippen LogP contribution is 1.96. The lowest BCUT2D eigenvalue weighted by Crippen LogP contribution is -1.75. The van der Waals surface area contributed by atoms with Gasteiger partial charge in [0.15, 0.2) is 0 Å². The molecule has 0 N–H and O–H groups in total. The van der Waals surface area contributed by atoms with E-state index in [1.165, 1.54) is 0 Å². The normalized spacial score (nSPS) is 11.6. The van der Waals surface area contributed by atoms with Gasteiger partial charge in [-0.25, -0.2) is 0 Å². The van der Waals surface area contributed by atoms with Gasteiger partial charge >= 0.3 is 0 Å². The molecule has 0 fully saturated rings. The van der Waals surface area contributed by atoms with Gasteiger partial charge in [-0.2, -0.15) is 5.26 Å². The molecule has 0 spiro atoms. The number of allylic oxidation sites excluding steroid dienone is 6. The Hall–Kier alpha value is -1.29. The monoisotopic (exact) mass is 191 g/mol. The summed E-state index contributed by atoms with van der Waals surface area (Å²) in [6, 6.07) is 2.08. The molecule has 0 amide bonds. The molecule has 0 saturated carbocycles. The molecule has 0 atom stereocenters. The second-order valence-corrected chi connectivity index (χ2v) is 2.84. The number of nitriles is 1. The molecule has 78 valence electrons. The fourth-order valence-electron chi connectivity index (χ4n) is 0.644. The molecular formula is C13H21N. The zero-order valence-corrected chi connectivity index (χ0v) is 9.91.